The zero-order chi connectivity index (χ0) is 13.0. The Morgan fingerprint density at radius 2 is 1.94 bits per heavy atom. The molecule has 1 N–H and O–H groups in total. The number of aliphatic carboxylic acids is 1. The van der Waals surface area contributed by atoms with Crippen molar-refractivity contribution in [3.8, 4) is 0 Å². The van der Waals surface area contributed by atoms with Gasteiger partial charge in [0.15, 0.2) is 0 Å². The van der Waals surface area contributed by atoms with Crippen LogP contribution >= 0.6 is 11.8 Å². The number of aromatic nitrogens is 1. The van der Waals surface area contributed by atoms with Crippen LogP contribution in [-0.2, 0) is 11.2 Å². The van der Waals surface area contributed by atoms with Crippen LogP contribution in [0.3, 0.4) is 0 Å². The first kappa shape index (κ1) is 12.6. The van der Waals surface area contributed by atoms with Gasteiger partial charge < -0.3 is 5.11 Å². The smallest absolute Gasteiger partial charge is 0.307 e. The lowest BCUT2D eigenvalue weighted by molar-refractivity contribution is -0.136. The van der Waals surface area contributed by atoms with Crippen LogP contribution in [0.5, 0.6) is 0 Å². The molecule has 0 fully saturated rings. The molecule has 0 atom stereocenters. The van der Waals surface area contributed by atoms with Gasteiger partial charge in [-0.25, -0.2) is 0 Å². The molecule has 18 heavy (non-hydrogen) atoms. The topological polar surface area (TPSA) is 50.2 Å². The number of hydrogen-bond donors (Lipinski definition) is 1. The van der Waals surface area contributed by atoms with E-state index in [2.05, 4.69) is 4.98 Å². The second-order valence-corrected chi connectivity index (χ2v) is 5.10. The number of nitrogens with zero attached hydrogens (tertiary/aromatic N) is 1. The van der Waals surface area contributed by atoms with Gasteiger partial charge in [0.2, 0.25) is 0 Å². The van der Waals surface area contributed by atoms with E-state index < -0.39 is 5.97 Å². The first-order valence-corrected chi connectivity index (χ1v) is 6.36. The normalized spacial score (nSPS) is 10.3. The molecule has 3 nitrogen and oxygen atoms in total. The molecule has 1 heterocycles. The molecular weight excluding hydrogens is 246 g/mol. The highest BCUT2D eigenvalue weighted by atomic mass is 32.2. The highest BCUT2D eigenvalue weighted by Gasteiger charge is 2.02. The average Bonchev–Trinajstić information content (AvgIpc) is 2.31. The Bertz CT molecular complexity index is 552. The van der Waals surface area contributed by atoms with Crippen LogP contribution in [0.1, 0.15) is 11.3 Å². The van der Waals surface area contributed by atoms with E-state index in [1.807, 2.05) is 43.3 Å². The molecule has 0 unspecified atom stereocenters. The quantitative estimate of drug-likeness (QED) is 0.916. The molecule has 0 amide bonds. The maximum Gasteiger partial charge on any atom is 0.307 e. The minimum atomic E-state index is -0.805. The molecule has 2 aromatic rings. The van der Waals surface area contributed by atoms with Gasteiger partial charge in [-0.2, -0.15) is 0 Å². The third kappa shape index (κ3) is 3.60. The Balaban J connectivity index is 2.08. The minimum Gasteiger partial charge on any atom is -0.481 e. The first-order valence-electron chi connectivity index (χ1n) is 5.55. The third-order valence-electron chi connectivity index (χ3n) is 2.38. The molecule has 92 valence electrons. The number of rotatable bonds is 4. The largest absolute Gasteiger partial charge is 0.481 e. The fourth-order valence-electron chi connectivity index (χ4n) is 1.57. The highest BCUT2D eigenvalue weighted by Crippen LogP contribution is 2.27. The van der Waals surface area contributed by atoms with Gasteiger partial charge in [-0.15, -0.1) is 0 Å². The Morgan fingerprint density at radius 3 is 2.56 bits per heavy atom. The maximum absolute atomic E-state index is 10.6. The molecule has 0 aliphatic carbocycles. The van der Waals surface area contributed by atoms with Crippen molar-refractivity contribution >= 4 is 17.7 Å². The fourth-order valence-corrected chi connectivity index (χ4v) is 2.47. The van der Waals surface area contributed by atoms with Gasteiger partial charge in [0, 0.05) is 21.7 Å². The number of carbonyl (C=O) groups is 1. The average molecular weight is 259 g/mol. The summed E-state index contributed by atoms with van der Waals surface area (Å²) in [6.07, 6.45) is 1.86. The molecule has 0 bridgehead atoms. The minimum absolute atomic E-state index is 0.0688. The van der Waals surface area contributed by atoms with Crippen LogP contribution in [0.4, 0.5) is 0 Å². The summed E-state index contributed by atoms with van der Waals surface area (Å²) in [5, 5.41) is 8.69. The first-order chi connectivity index (χ1) is 8.63. The van der Waals surface area contributed by atoms with Crippen molar-refractivity contribution in [2.75, 3.05) is 0 Å². The second kappa shape index (κ2) is 5.69. The number of carboxylic acid groups (broad SMARTS) is 1. The van der Waals surface area contributed by atoms with Crippen LogP contribution in [-0.4, -0.2) is 16.1 Å². The number of pyridine rings is 1. The highest BCUT2D eigenvalue weighted by molar-refractivity contribution is 7.99. The van der Waals surface area contributed by atoms with Crippen molar-refractivity contribution in [1.82, 2.24) is 4.98 Å². The summed E-state index contributed by atoms with van der Waals surface area (Å²) in [5.74, 6) is -0.805. The van der Waals surface area contributed by atoms with Gasteiger partial charge in [-0.05, 0) is 36.8 Å². The van der Waals surface area contributed by atoms with Crippen molar-refractivity contribution < 1.29 is 9.90 Å². The summed E-state index contributed by atoms with van der Waals surface area (Å²) in [6, 6.07) is 11.6. The predicted molar refractivity (Wildman–Crippen MR) is 70.9 cm³/mol. The van der Waals surface area contributed by atoms with Crippen LogP contribution in [0.15, 0.2) is 52.4 Å². The zero-order valence-corrected chi connectivity index (χ0v) is 10.8. The number of aryl methyl sites for hydroxylation is 1. The lowest BCUT2D eigenvalue weighted by Gasteiger charge is -2.03. The number of benzene rings is 1. The standard InChI is InChI=1S/C14H13NO2S/c1-10-8-13(6-7-15-10)18-12-4-2-11(3-5-12)9-14(16)17/h2-8H,9H2,1H3,(H,16,17). The molecular formula is C14H13NO2S. The van der Waals surface area contributed by atoms with Crippen molar-refractivity contribution in [3.05, 3.63) is 53.9 Å². The fraction of sp³-hybridized carbons (Fsp3) is 0.143. The number of hydrogen-bond acceptors (Lipinski definition) is 3. The van der Waals surface area contributed by atoms with Crippen LogP contribution in [0.2, 0.25) is 0 Å². The van der Waals surface area contributed by atoms with E-state index in [1.54, 1.807) is 18.0 Å². The summed E-state index contributed by atoms with van der Waals surface area (Å²) < 4.78 is 0. The molecule has 2 rings (SSSR count). The van der Waals surface area contributed by atoms with Gasteiger partial charge in [-0.3, -0.25) is 9.78 Å². The van der Waals surface area contributed by atoms with Crippen molar-refractivity contribution in [3.63, 3.8) is 0 Å². The Kier molecular flexibility index (Phi) is 3.99. The van der Waals surface area contributed by atoms with Gasteiger partial charge in [0.25, 0.3) is 0 Å². The van der Waals surface area contributed by atoms with Crippen molar-refractivity contribution in [1.29, 1.82) is 0 Å². The van der Waals surface area contributed by atoms with E-state index in [0.717, 1.165) is 21.0 Å². The Morgan fingerprint density at radius 1 is 1.22 bits per heavy atom. The Hall–Kier alpha value is -1.81. The molecule has 0 saturated carbocycles. The molecule has 0 radical (unpaired) electrons. The summed E-state index contributed by atoms with van der Waals surface area (Å²) in [4.78, 5) is 16.9. The third-order valence-corrected chi connectivity index (χ3v) is 3.38. The lowest BCUT2D eigenvalue weighted by Crippen LogP contribution is -1.99. The molecule has 4 heteroatoms. The van der Waals surface area contributed by atoms with E-state index >= 15 is 0 Å². The van der Waals surface area contributed by atoms with Crippen LogP contribution < -0.4 is 0 Å². The van der Waals surface area contributed by atoms with Gasteiger partial charge >= 0.3 is 5.97 Å². The molecule has 0 aliphatic heterocycles. The zero-order valence-electron chi connectivity index (χ0n) is 9.96. The molecule has 0 saturated heterocycles. The summed E-state index contributed by atoms with van der Waals surface area (Å²) in [6.45, 7) is 1.96. The summed E-state index contributed by atoms with van der Waals surface area (Å²) >= 11 is 1.64. The summed E-state index contributed by atoms with van der Waals surface area (Å²) in [7, 11) is 0. The van der Waals surface area contributed by atoms with E-state index in [0.29, 0.717) is 0 Å². The monoisotopic (exact) mass is 259 g/mol. The van der Waals surface area contributed by atoms with Crippen LogP contribution in [0, 0.1) is 6.92 Å². The maximum atomic E-state index is 10.6. The van der Waals surface area contributed by atoms with E-state index in [1.165, 1.54) is 0 Å². The molecule has 1 aromatic carbocycles. The van der Waals surface area contributed by atoms with Gasteiger partial charge in [0.05, 0.1) is 6.42 Å². The lowest BCUT2D eigenvalue weighted by atomic mass is 10.2. The van der Waals surface area contributed by atoms with Gasteiger partial charge in [-0.1, -0.05) is 23.9 Å². The molecule has 0 aliphatic rings. The Labute approximate surface area is 110 Å². The van der Waals surface area contributed by atoms with E-state index in [-0.39, 0.29) is 6.42 Å². The van der Waals surface area contributed by atoms with E-state index in [9.17, 15) is 4.79 Å². The van der Waals surface area contributed by atoms with Gasteiger partial charge in [0.1, 0.15) is 0 Å². The summed E-state index contributed by atoms with van der Waals surface area (Å²) in [5.41, 5.74) is 1.81. The number of carboxylic acids is 1. The van der Waals surface area contributed by atoms with E-state index in [4.69, 9.17) is 5.11 Å². The SMILES string of the molecule is Cc1cc(Sc2ccc(CC(=O)O)cc2)ccn1. The molecule has 0 spiro atoms. The van der Waals surface area contributed by atoms with Crippen molar-refractivity contribution in [2.45, 2.75) is 23.1 Å². The second-order valence-electron chi connectivity index (χ2n) is 3.95. The van der Waals surface area contributed by atoms with Crippen molar-refractivity contribution in [2.24, 2.45) is 0 Å². The predicted octanol–water partition coefficient (Wildman–Crippen LogP) is 3.17. The van der Waals surface area contributed by atoms with Crippen LogP contribution in [0.25, 0.3) is 0 Å². The molecule has 1 aromatic heterocycles.